The lowest BCUT2D eigenvalue weighted by Gasteiger charge is -2.14. The summed E-state index contributed by atoms with van der Waals surface area (Å²) in [4.78, 5) is 12.7. The highest BCUT2D eigenvalue weighted by Crippen LogP contribution is 2.22. The standard InChI is InChI=1S/C23H24N2O4S/c1-17-11-13-19(14-12-17)29-16-15-24-23(26)21-9-6-10-22(18(21)2)25-30(27,28)20-7-4-3-5-8-20/h3-14,25H,15-16H2,1-2H3,(H,24,26). The second-order valence-corrected chi connectivity index (χ2v) is 8.50. The number of nitrogens with one attached hydrogen (secondary N) is 2. The van der Waals surface area contributed by atoms with Gasteiger partial charge in [-0.15, -0.1) is 0 Å². The molecule has 0 fully saturated rings. The summed E-state index contributed by atoms with van der Waals surface area (Å²) >= 11 is 0. The van der Waals surface area contributed by atoms with Crippen LogP contribution in [0, 0.1) is 13.8 Å². The largest absolute Gasteiger partial charge is 0.492 e. The summed E-state index contributed by atoms with van der Waals surface area (Å²) in [5, 5.41) is 2.80. The van der Waals surface area contributed by atoms with Crippen LogP contribution in [0.1, 0.15) is 21.5 Å². The summed E-state index contributed by atoms with van der Waals surface area (Å²) in [5.74, 6) is 0.448. The molecule has 0 aliphatic heterocycles. The molecule has 7 heteroatoms. The van der Waals surface area contributed by atoms with E-state index in [1.165, 1.54) is 12.1 Å². The van der Waals surface area contributed by atoms with Crippen molar-refractivity contribution >= 4 is 21.6 Å². The van der Waals surface area contributed by atoms with Gasteiger partial charge in [0.1, 0.15) is 12.4 Å². The number of benzene rings is 3. The lowest BCUT2D eigenvalue weighted by atomic mass is 10.1. The molecule has 0 aromatic heterocycles. The second kappa shape index (κ2) is 9.45. The van der Waals surface area contributed by atoms with Crippen molar-refractivity contribution < 1.29 is 17.9 Å². The Kier molecular flexibility index (Phi) is 6.74. The van der Waals surface area contributed by atoms with E-state index in [9.17, 15) is 13.2 Å². The Balaban J connectivity index is 1.62. The molecular weight excluding hydrogens is 400 g/mol. The Morgan fingerprint density at radius 3 is 2.30 bits per heavy atom. The predicted octanol–water partition coefficient (Wildman–Crippen LogP) is 3.91. The molecule has 0 radical (unpaired) electrons. The maximum absolute atomic E-state index is 12.6. The average Bonchev–Trinajstić information content (AvgIpc) is 2.74. The van der Waals surface area contributed by atoms with E-state index in [1.807, 2.05) is 31.2 Å². The molecule has 0 aliphatic carbocycles. The van der Waals surface area contributed by atoms with Crippen LogP contribution in [0.25, 0.3) is 0 Å². The fraction of sp³-hybridized carbons (Fsp3) is 0.174. The highest BCUT2D eigenvalue weighted by atomic mass is 32.2. The van der Waals surface area contributed by atoms with Crippen LogP contribution < -0.4 is 14.8 Å². The Morgan fingerprint density at radius 2 is 1.60 bits per heavy atom. The van der Waals surface area contributed by atoms with E-state index < -0.39 is 10.0 Å². The third kappa shape index (κ3) is 5.39. The minimum Gasteiger partial charge on any atom is -0.492 e. The number of ether oxygens (including phenoxy) is 1. The Morgan fingerprint density at radius 1 is 0.900 bits per heavy atom. The number of carbonyl (C=O) groups is 1. The molecule has 0 bridgehead atoms. The monoisotopic (exact) mass is 424 g/mol. The zero-order valence-electron chi connectivity index (χ0n) is 16.9. The number of carbonyl (C=O) groups excluding carboxylic acids is 1. The topological polar surface area (TPSA) is 84.5 Å². The fourth-order valence-electron chi connectivity index (χ4n) is 2.86. The van der Waals surface area contributed by atoms with Crippen molar-refractivity contribution in [2.75, 3.05) is 17.9 Å². The molecule has 3 aromatic rings. The average molecular weight is 425 g/mol. The molecular formula is C23H24N2O4S. The molecule has 1 amide bonds. The van der Waals surface area contributed by atoms with Crippen molar-refractivity contribution in [3.05, 3.63) is 89.5 Å². The van der Waals surface area contributed by atoms with Gasteiger partial charge in [0.05, 0.1) is 17.1 Å². The molecule has 156 valence electrons. The first-order valence-corrected chi connectivity index (χ1v) is 11.0. The van der Waals surface area contributed by atoms with Crippen LogP contribution >= 0.6 is 0 Å². The fourth-order valence-corrected chi connectivity index (χ4v) is 4.00. The number of hydrogen-bond acceptors (Lipinski definition) is 4. The molecule has 0 saturated heterocycles. The van der Waals surface area contributed by atoms with Gasteiger partial charge in [-0.05, 0) is 55.8 Å². The van der Waals surface area contributed by atoms with Gasteiger partial charge in [-0.3, -0.25) is 9.52 Å². The molecule has 3 rings (SSSR count). The van der Waals surface area contributed by atoms with E-state index in [2.05, 4.69) is 10.0 Å². The Bertz CT molecular complexity index is 1110. The number of aryl methyl sites for hydroxylation is 1. The zero-order chi connectivity index (χ0) is 21.6. The number of sulfonamides is 1. The predicted molar refractivity (Wildman–Crippen MR) is 117 cm³/mol. The summed E-state index contributed by atoms with van der Waals surface area (Å²) in [6.45, 7) is 4.36. The van der Waals surface area contributed by atoms with Crippen molar-refractivity contribution in [3.63, 3.8) is 0 Å². The first-order valence-electron chi connectivity index (χ1n) is 9.52. The van der Waals surface area contributed by atoms with Crippen LogP contribution in [0.4, 0.5) is 5.69 Å². The van der Waals surface area contributed by atoms with Gasteiger partial charge in [-0.25, -0.2) is 8.42 Å². The zero-order valence-corrected chi connectivity index (χ0v) is 17.7. The molecule has 6 nitrogen and oxygen atoms in total. The molecule has 0 spiro atoms. The van der Waals surface area contributed by atoms with Gasteiger partial charge < -0.3 is 10.1 Å². The molecule has 30 heavy (non-hydrogen) atoms. The first kappa shape index (κ1) is 21.4. The van der Waals surface area contributed by atoms with Crippen LogP contribution in [0.3, 0.4) is 0 Å². The van der Waals surface area contributed by atoms with Gasteiger partial charge >= 0.3 is 0 Å². The number of rotatable bonds is 8. The molecule has 3 aromatic carbocycles. The van der Waals surface area contributed by atoms with Gasteiger partial charge in [-0.1, -0.05) is 42.0 Å². The first-order chi connectivity index (χ1) is 14.4. The van der Waals surface area contributed by atoms with E-state index in [0.717, 1.165) is 11.3 Å². The Hall–Kier alpha value is -3.32. The molecule has 0 saturated carbocycles. The SMILES string of the molecule is Cc1ccc(OCCNC(=O)c2cccc(NS(=O)(=O)c3ccccc3)c2C)cc1. The van der Waals surface area contributed by atoms with Crippen LogP contribution in [0.5, 0.6) is 5.75 Å². The molecule has 0 atom stereocenters. The number of anilines is 1. The van der Waals surface area contributed by atoms with E-state index >= 15 is 0 Å². The van der Waals surface area contributed by atoms with E-state index in [-0.39, 0.29) is 10.8 Å². The molecule has 0 unspecified atom stereocenters. The van der Waals surface area contributed by atoms with Crippen LogP contribution in [-0.4, -0.2) is 27.5 Å². The number of hydrogen-bond donors (Lipinski definition) is 2. The van der Waals surface area contributed by atoms with Gasteiger partial charge in [0.25, 0.3) is 15.9 Å². The van der Waals surface area contributed by atoms with Crippen LogP contribution in [0.2, 0.25) is 0 Å². The van der Waals surface area contributed by atoms with E-state index in [4.69, 9.17) is 4.74 Å². The van der Waals surface area contributed by atoms with Gasteiger partial charge in [0.15, 0.2) is 0 Å². The van der Waals surface area contributed by atoms with Crippen molar-refractivity contribution in [1.29, 1.82) is 0 Å². The normalized spacial score (nSPS) is 11.0. The molecule has 0 heterocycles. The third-order valence-corrected chi connectivity index (χ3v) is 5.93. The lowest BCUT2D eigenvalue weighted by molar-refractivity contribution is 0.0946. The highest BCUT2D eigenvalue weighted by Gasteiger charge is 2.17. The van der Waals surface area contributed by atoms with Crippen molar-refractivity contribution in [2.45, 2.75) is 18.7 Å². The summed E-state index contributed by atoms with van der Waals surface area (Å²) in [7, 11) is -3.73. The van der Waals surface area contributed by atoms with Gasteiger partial charge in [0, 0.05) is 5.56 Å². The summed E-state index contributed by atoms with van der Waals surface area (Å²) in [6.07, 6.45) is 0. The molecule has 0 aliphatic rings. The lowest BCUT2D eigenvalue weighted by Crippen LogP contribution is -2.29. The van der Waals surface area contributed by atoms with Crippen LogP contribution in [0.15, 0.2) is 77.7 Å². The van der Waals surface area contributed by atoms with Gasteiger partial charge in [0.2, 0.25) is 0 Å². The maximum Gasteiger partial charge on any atom is 0.261 e. The second-order valence-electron chi connectivity index (χ2n) is 6.81. The summed E-state index contributed by atoms with van der Waals surface area (Å²) in [6, 6.07) is 20.7. The van der Waals surface area contributed by atoms with Crippen molar-refractivity contribution in [1.82, 2.24) is 5.32 Å². The highest BCUT2D eigenvalue weighted by molar-refractivity contribution is 7.92. The third-order valence-electron chi connectivity index (χ3n) is 4.55. The quantitative estimate of drug-likeness (QED) is 0.537. The minimum atomic E-state index is -3.73. The van der Waals surface area contributed by atoms with Gasteiger partial charge in [-0.2, -0.15) is 0 Å². The Labute approximate surface area is 177 Å². The maximum atomic E-state index is 12.6. The summed E-state index contributed by atoms with van der Waals surface area (Å²) < 4.78 is 33.3. The van der Waals surface area contributed by atoms with E-state index in [1.54, 1.807) is 43.3 Å². The summed E-state index contributed by atoms with van der Waals surface area (Å²) in [5.41, 5.74) is 2.46. The number of amides is 1. The minimum absolute atomic E-state index is 0.160. The van der Waals surface area contributed by atoms with Crippen LogP contribution in [-0.2, 0) is 10.0 Å². The molecule has 2 N–H and O–H groups in total. The van der Waals surface area contributed by atoms with Crippen molar-refractivity contribution in [2.24, 2.45) is 0 Å². The smallest absolute Gasteiger partial charge is 0.261 e. The van der Waals surface area contributed by atoms with Crippen molar-refractivity contribution in [3.8, 4) is 5.75 Å². The van der Waals surface area contributed by atoms with E-state index in [0.29, 0.717) is 30.0 Å².